The number of rotatable bonds is 4. The molecule has 0 amide bonds. The van der Waals surface area contributed by atoms with Crippen molar-refractivity contribution in [1.82, 2.24) is 0 Å². The minimum Gasteiger partial charge on any atom is -0.160 e. The number of halogens is 2. The zero-order chi connectivity index (χ0) is 10.0. The summed E-state index contributed by atoms with van der Waals surface area (Å²) < 4.78 is 36.6. The maximum Gasteiger partial charge on any atom is 0.476 e. The summed E-state index contributed by atoms with van der Waals surface area (Å²) in [5.74, 6) is 0. The maximum atomic E-state index is 9.99. The molecule has 12 heavy (non-hydrogen) atoms. The van der Waals surface area contributed by atoms with Crippen molar-refractivity contribution in [2.75, 3.05) is 0 Å². The first kappa shape index (κ1) is 14.3. The van der Waals surface area contributed by atoms with Gasteiger partial charge in [-0.1, -0.05) is 53.7 Å². The van der Waals surface area contributed by atoms with Crippen molar-refractivity contribution >= 4 is 10.6 Å². The van der Waals surface area contributed by atoms with Gasteiger partial charge in [-0.25, -0.2) is 0 Å². The lowest BCUT2D eigenvalue weighted by Crippen LogP contribution is -1.70. The first-order valence-corrected chi connectivity index (χ1v) is 5.34. The second kappa shape index (κ2) is 8.90. The first-order valence-electron chi connectivity index (χ1n) is 4.06. The van der Waals surface area contributed by atoms with Gasteiger partial charge in [-0.3, -0.25) is 0 Å². The standard InChI is InChI=1S/C7H16.F2O2S/c1-3-5-7-6-4-2;1-5(2,3)4/h3-7H2,1-2H3;. The Labute approximate surface area is 73.5 Å². The predicted octanol–water partition coefficient (Wildman–Crippen LogP) is 3.15. The van der Waals surface area contributed by atoms with E-state index in [1.54, 1.807) is 0 Å². The number of hydrogen-bond donors (Lipinski definition) is 0. The van der Waals surface area contributed by atoms with Gasteiger partial charge in [0.1, 0.15) is 0 Å². The summed E-state index contributed by atoms with van der Waals surface area (Å²) in [5, 5.41) is 0. The molecule has 0 heterocycles. The molecule has 0 aliphatic carbocycles. The Bertz CT molecular complexity index is 154. The van der Waals surface area contributed by atoms with Gasteiger partial charge in [0.15, 0.2) is 0 Å². The van der Waals surface area contributed by atoms with Crippen molar-refractivity contribution in [3.63, 3.8) is 0 Å². The molecule has 76 valence electrons. The largest absolute Gasteiger partial charge is 0.476 e. The van der Waals surface area contributed by atoms with Crippen LogP contribution in [-0.2, 0) is 10.6 Å². The van der Waals surface area contributed by atoms with Crippen LogP contribution in [0.4, 0.5) is 7.77 Å². The Balaban J connectivity index is 0. The van der Waals surface area contributed by atoms with Gasteiger partial charge in [-0.2, -0.15) is 8.42 Å². The van der Waals surface area contributed by atoms with Gasteiger partial charge in [-0.15, -0.1) is 0 Å². The van der Waals surface area contributed by atoms with Crippen molar-refractivity contribution in [3.8, 4) is 0 Å². The van der Waals surface area contributed by atoms with Crippen LogP contribution >= 0.6 is 0 Å². The van der Waals surface area contributed by atoms with Crippen molar-refractivity contribution < 1.29 is 16.2 Å². The minimum atomic E-state index is -5.67. The zero-order valence-electron chi connectivity index (χ0n) is 7.52. The molecule has 0 fully saturated rings. The van der Waals surface area contributed by atoms with Crippen LogP contribution in [0.3, 0.4) is 0 Å². The van der Waals surface area contributed by atoms with Crippen molar-refractivity contribution in [3.05, 3.63) is 0 Å². The van der Waals surface area contributed by atoms with Crippen LogP contribution < -0.4 is 0 Å². The topological polar surface area (TPSA) is 34.1 Å². The molecule has 2 nitrogen and oxygen atoms in total. The summed E-state index contributed by atoms with van der Waals surface area (Å²) in [6, 6.07) is 0. The molecule has 0 N–H and O–H groups in total. The third-order valence-corrected chi connectivity index (χ3v) is 1.21. The fourth-order valence-corrected chi connectivity index (χ4v) is 0.677. The van der Waals surface area contributed by atoms with Crippen LogP contribution in [0.15, 0.2) is 0 Å². The molecule has 0 aromatic rings. The molecule has 0 bridgehead atoms. The van der Waals surface area contributed by atoms with E-state index in [1.807, 2.05) is 0 Å². The highest BCUT2D eigenvalue weighted by Crippen LogP contribution is 2.00. The van der Waals surface area contributed by atoms with Crippen LogP contribution in [-0.4, -0.2) is 8.42 Å². The molecule has 0 aliphatic rings. The lowest BCUT2D eigenvalue weighted by atomic mass is 10.2. The summed E-state index contributed by atoms with van der Waals surface area (Å²) in [6.45, 7) is 4.49. The second-order valence-electron chi connectivity index (χ2n) is 2.44. The molecule has 0 aromatic carbocycles. The summed E-state index contributed by atoms with van der Waals surface area (Å²) in [4.78, 5) is 0. The smallest absolute Gasteiger partial charge is 0.160 e. The monoisotopic (exact) mass is 202 g/mol. The average molecular weight is 202 g/mol. The molecule has 0 saturated carbocycles. The Hall–Kier alpha value is -0.190. The van der Waals surface area contributed by atoms with Crippen LogP contribution in [0.25, 0.3) is 0 Å². The van der Waals surface area contributed by atoms with E-state index in [1.165, 1.54) is 32.1 Å². The lowest BCUT2D eigenvalue weighted by Gasteiger charge is -1.90. The van der Waals surface area contributed by atoms with Gasteiger partial charge in [0.2, 0.25) is 0 Å². The van der Waals surface area contributed by atoms with Gasteiger partial charge >= 0.3 is 10.6 Å². The molecule has 0 spiro atoms. The van der Waals surface area contributed by atoms with E-state index < -0.39 is 10.6 Å². The number of hydrogen-bond acceptors (Lipinski definition) is 2. The molecule has 0 aromatic heterocycles. The van der Waals surface area contributed by atoms with Crippen molar-refractivity contribution in [1.29, 1.82) is 0 Å². The van der Waals surface area contributed by atoms with Crippen LogP contribution in [0.5, 0.6) is 0 Å². The van der Waals surface area contributed by atoms with E-state index in [0.29, 0.717) is 0 Å². The van der Waals surface area contributed by atoms with Gasteiger partial charge in [-0.05, 0) is 0 Å². The third-order valence-electron chi connectivity index (χ3n) is 1.21. The van der Waals surface area contributed by atoms with E-state index in [4.69, 9.17) is 8.42 Å². The molecule has 0 saturated heterocycles. The lowest BCUT2D eigenvalue weighted by molar-refractivity contribution is 0.501. The predicted molar refractivity (Wildman–Crippen MR) is 45.6 cm³/mol. The molecule has 5 heteroatoms. The average Bonchev–Trinajstić information content (AvgIpc) is 1.85. The Morgan fingerprint density at radius 1 is 0.917 bits per heavy atom. The van der Waals surface area contributed by atoms with Gasteiger partial charge < -0.3 is 0 Å². The van der Waals surface area contributed by atoms with Crippen molar-refractivity contribution in [2.45, 2.75) is 46.0 Å². The van der Waals surface area contributed by atoms with E-state index in [9.17, 15) is 7.77 Å². The highest BCUT2D eigenvalue weighted by molar-refractivity contribution is 7.81. The van der Waals surface area contributed by atoms with Crippen LogP contribution in [0, 0.1) is 0 Å². The fourth-order valence-electron chi connectivity index (χ4n) is 0.677. The highest BCUT2D eigenvalue weighted by Gasteiger charge is 1.94. The fraction of sp³-hybridized carbons (Fsp3) is 1.00. The number of unbranched alkanes of at least 4 members (excludes halogenated alkanes) is 4. The summed E-state index contributed by atoms with van der Waals surface area (Å²) in [6.07, 6.45) is 7.01. The molecular weight excluding hydrogens is 186 g/mol. The summed E-state index contributed by atoms with van der Waals surface area (Å²) in [5.41, 5.74) is 0. The SMILES string of the molecule is CCCCCCC.O=S(=O)(F)F. The second-order valence-corrected chi connectivity index (χ2v) is 3.20. The van der Waals surface area contributed by atoms with Crippen LogP contribution in [0.2, 0.25) is 0 Å². The Morgan fingerprint density at radius 3 is 1.33 bits per heavy atom. The van der Waals surface area contributed by atoms with E-state index in [0.717, 1.165) is 0 Å². The maximum absolute atomic E-state index is 9.99. The van der Waals surface area contributed by atoms with Crippen LogP contribution in [0.1, 0.15) is 46.0 Å². The van der Waals surface area contributed by atoms with E-state index >= 15 is 0 Å². The Morgan fingerprint density at radius 2 is 1.17 bits per heavy atom. The molecular formula is C7H16F2O2S. The van der Waals surface area contributed by atoms with Gasteiger partial charge in [0, 0.05) is 0 Å². The zero-order valence-corrected chi connectivity index (χ0v) is 8.33. The molecule has 0 aliphatic heterocycles. The molecule has 0 atom stereocenters. The molecule has 0 rings (SSSR count). The van der Waals surface area contributed by atoms with Gasteiger partial charge in [0.25, 0.3) is 0 Å². The molecule has 0 unspecified atom stereocenters. The third kappa shape index (κ3) is 52.5. The Kier molecular flexibility index (Phi) is 10.6. The first-order chi connectivity index (χ1) is 5.41. The molecule has 0 radical (unpaired) electrons. The minimum absolute atomic E-state index is 1.36. The highest BCUT2D eigenvalue weighted by atomic mass is 32.3. The van der Waals surface area contributed by atoms with E-state index in [2.05, 4.69) is 13.8 Å². The summed E-state index contributed by atoms with van der Waals surface area (Å²) >= 11 is 0. The van der Waals surface area contributed by atoms with E-state index in [-0.39, 0.29) is 0 Å². The van der Waals surface area contributed by atoms with Gasteiger partial charge in [0.05, 0.1) is 0 Å². The quantitative estimate of drug-likeness (QED) is 0.518. The summed E-state index contributed by atoms with van der Waals surface area (Å²) in [7, 11) is -5.67. The van der Waals surface area contributed by atoms with Crippen molar-refractivity contribution in [2.24, 2.45) is 0 Å². The normalized spacial score (nSPS) is 10.3.